The number of likely N-dealkylation sites (tertiary alicyclic amines) is 1. The first-order chi connectivity index (χ1) is 12.2. The predicted molar refractivity (Wildman–Crippen MR) is 103 cm³/mol. The first kappa shape index (κ1) is 20.1. The highest BCUT2D eigenvalue weighted by molar-refractivity contribution is 5.85. The van der Waals surface area contributed by atoms with Crippen molar-refractivity contribution in [1.82, 2.24) is 4.90 Å². The van der Waals surface area contributed by atoms with E-state index in [2.05, 4.69) is 4.90 Å². The van der Waals surface area contributed by atoms with Gasteiger partial charge in [-0.1, -0.05) is 18.2 Å². The Bertz CT molecular complexity index is 678. The standard InChI is InChI=1S/C20H23NO4.ClH/c22-20(23)7-4-13-21-14-12-19(15-21)25-18-10-8-17(9-11-18)24-16-5-2-1-3-6-16;/h1-3,5-6,8-11,19H,4,7,12-15H2,(H,22,23);1H. The average molecular weight is 378 g/mol. The Labute approximate surface area is 159 Å². The number of benzene rings is 2. The van der Waals surface area contributed by atoms with Crippen LogP contribution in [0.5, 0.6) is 17.2 Å². The highest BCUT2D eigenvalue weighted by Crippen LogP contribution is 2.25. The van der Waals surface area contributed by atoms with E-state index in [1.807, 2.05) is 54.6 Å². The molecule has 1 heterocycles. The minimum absolute atomic E-state index is 0. The molecule has 1 N–H and O–H groups in total. The monoisotopic (exact) mass is 377 g/mol. The largest absolute Gasteiger partial charge is 0.489 e. The number of para-hydroxylation sites is 1. The molecule has 1 aliphatic rings. The molecule has 1 aliphatic heterocycles. The van der Waals surface area contributed by atoms with Gasteiger partial charge in [0.15, 0.2) is 0 Å². The summed E-state index contributed by atoms with van der Waals surface area (Å²) < 4.78 is 11.8. The molecule has 26 heavy (non-hydrogen) atoms. The molecule has 0 radical (unpaired) electrons. The fraction of sp³-hybridized carbons (Fsp3) is 0.350. The third kappa shape index (κ3) is 6.24. The van der Waals surface area contributed by atoms with E-state index >= 15 is 0 Å². The fourth-order valence-electron chi connectivity index (χ4n) is 2.95. The Kier molecular flexibility index (Phi) is 7.75. The van der Waals surface area contributed by atoms with Gasteiger partial charge in [-0.15, -0.1) is 12.4 Å². The van der Waals surface area contributed by atoms with E-state index < -0.39 is 5.97 Å². The van der Waals surface area contributed by atoms with Gasteiger partial charge in [0.25, 0.3) is 0 Å². The normalized spacial score (nSPS) is 16.7. The zero-order valence-electron chi connectivity index (χ0n) is 14.5. The molecule has 2 aromatic rings. The Morgan fingerprint density at radius 1 is 1.04 bits per heavy atom. The second kappa shape index (κ2) is 10.0. The molecule has 0 spiro atoms. The zero-order valence-corrected chi connectivity index (χ0v) is 15.4. The summed E-state index contributed by atoms with van der Waals surface area (Å²) in [5.74, 6) is 1.69. The maximum atomic E-state index is 10.6. The number of ether oxygens (including phenoxy) is 2. The van der Waals surface area contributed by atoms with Crippen LogP contribution in [0.3, 0.4) is 0 Å². The first-order valence-electron chi connectivity index (χ1n) is 8.63. The van der Waals surface area contributed by atoms with E-state index in [9.17, 15) is 4.79 Å². The summed E-state index contributed by atoms with van der Waals surface area (Å²) in [5, 5.41) is 8.70. The topological polar surface area (TPSA) is 59.0 Å². The first-order valence-corrected chi connectivity index (χ1v) is 8.63. The maximum absolute atomic E-state index is 10.6. The molecule has 5 nitrogen and oxygen atoms in total. The average Bonchev–Trinajstić information content (AvgIpc) is 3.05. The van der Waals surface area contributed by atoms with Crippen LogP contribution in [0.15, 0.2) is 54.6 Å². The molecule has 0 aliphatic carbocycles. The van der Waals surface area contributed by atoms with Crippen molar-refractivity contribution in [2.45, 2.75) is 25.4 Å². The van der Waals surface area contributed by atoms with Crippen molar-refractivity contribution < 1.29 is 19.4 Å². The molecule has 0 saturated carbocycles. The summed E-state index contributed by atoms with van der Waals surface area (Å²) in [6, 6.07) is 17.3. The van der Waals surface area contributed by atoms with E-state index in [-0.39, 0.29) is 24.9 Å². The quantitative estimate of drug-likeness (QED) is 0.746. The van der Waals surface area contributed by atoms with E-state index in [1.54, 1.807) is 0 Å². The number of hydrogen-bond acceptors (Lipinski definition) is 4. The van der Waals surface area contributed by atoms with Crippen molar-refractivity contribution in [3.8, 4) is 17.2 Å². The summed E-state index contributed by atoms with van der Waals surface area (Å²) in [6.45, 7) is 2.62. The van der Waals surface area contributed by atoms with Crippen LogP contribution in [0, 0.1) is 0 Å². The van der Waals surface area contributed by atoms with Gasteiger partial charge in [0.2, 0.25) is 0 Å². The van der Waals surface area contributed by atoms with Gasteiger partial charge in [0.05, 0.1) is 0 Å². The van der Waals surface area contributed by atoms with Gasteiger partial charge in [0.1, 0.15) is 23.4 Å². The van der Waals surface area contributed by atoms with Crippen LogP contribution in [-0.4, -0.2) is 41.7 Å². The van der Waals surface area contributed by atoms with Crippen LogP contribution < -0.4 is 9.47 Å². The number of nitrogens with zero attached hydrogens (tertiary/aromatic N) is 1. The van der Waals surface area contributed by atoms with E-state index in [0.717, 1.165) is 43.3 Å². The second-order valence-electron chi connectivity index (χ2n) is 6.21. The molecule has 1 saturated heterocycles. The van der Waals surface area contributed by atoms with Crippen LogP contribution >= 0.6 is 12.4 Å². The number of hydrogen-bond donors (Lipinski definition) is 1. The molecule has 6 heteroatoms. The molecule has 0 aromatic heterocycles. The van der Waals surface area contributed by atoms with E-state index in [0.29, 0.717) is 6.42 Å². The van der Waals surface area contributed by atoms with Crippen LogP contribution in [0.4, 0.5) is 0 Å². The molecule has 1 atom stereocenters. The lowest BCUT2D eigenvalue weighted by Gasteiger charge is -2.16. The Hall–Kier alpha value is -2.24. The van der Waals surface area contributed by atoms with E-state index in [1.165, 1.54) is 0 Å². The fourth-order valence-corrected chi connectivity index (χ4v) is 2.95. The number of carboxylic acid groups (broad SMARTS) is 1. The van der Waals surface area contributed by atoms with Crippen LogP contribution in [0.25, 0.3) is 0 Å². The van der Waals surface area contributed by atoms with Crippen LogP contribution in [0.1, 0.15) is 19.3 Å². The summed E-state index contributed by atoms with van der Waals surface area (Å²) in [4.78, 5) is 12.8. The number of aliphatic carboxylic acids is 1. The van der Waals surface area contributed by atoms with Gasteiger partial charge in [-0.05, 0) is 55.8 Å². The van der Waals surface area contributed by atoms with Crippen molar-refractivity contribution in [3.05, 3.63) is 54.6 Å². The number of carbonyl (C=O) groups is 1. The highest BCUT2D eigenvalue weighted by atomic mass is 35.5. The molecular formula is C20H24ClNO4. The zero-order chi connectivity index (χ0) is 17.5. The third-order valence-electron chi connectivity index (χ3n) is 4.20. The van der Waals surface area contributed by atoms with Crippen molar-refractivity contribution in [2.24, 2.45) is 0 Å². The van der Waals surface area contributed by atoms with Crippen molar-refractivity contribution in [3.63, 3.8) is 0 Å². The molecule has 0 amide bonds. The summed E-state index contributed by atoms with van der Waals surface area (Å²) in [7, 11) is 0. The Morgan fingerprint density at radius 3 is 2.38 bits per heavy atom. The van der Waals surface area contributed by atoms with Crippen LogP contribution in [0.2, 0.25) is 0 Å². The summed E-state index contributed by atoms with van der Waals surface area (Å²) >= 11 is 0. The van der Waals surface area contributed by atoms with Gasteiger partial charge in [-0.2, -0.15) is 0 Å². The van der Waals surface area contributed by atoms with Crippen molar-refractivity contribution in [2.75, 3.05) is 19.6 Å². The van der Waals surface area contributed by atoms with Gasteiger partial charge < -0.3 is 14.6 Å². The molecule has 3 rings (SSSR count). The van der Waals surface area contributed by atoms with E-state index in [4.69, 9.17) is 14.6 Å². The molecular weight excluding hydrogens is 354 g/mol. The van der Waals surface area contributed by atoms with Gasteiger partial charge >= 0.3 is 5.97 Å². The SMILES string of the molecule is Cl.O=C(O)CCCN1CCC(Oc2ccc(Oc3ccccc3)cc2)C1. The van der Waals surface area contributed by atoms with Crippen molar-refractivity contribution in [1.29, 1.82) is 0 Å². The second-order valence-corrected chi connectivity index (χ2v) is 6.21. The lowest BCUT2D eigenvalue weighted by atomic mass is 10.3. The maximum Gasteiger partial charge on any atom is 0.303 e. The molecule has 1 fully saturated rings. The van der Waals surface area contributed by atoms with Crippen LogP contribution in [-0.2, 0) is 4.79 Å². The number of rotatable bonds is 8. The Morgan fingerprint density at radius 2 is 1.69 bits per heavy atom. The predicted octanol–water partition coefficient (Wildman–Crippen LogP) is 4.22. The Balaban J connectivity index is 0.00000243. The molecule has 140 valence electrons. The molecule has 1 unspecified atom stereocenters. The lowest BCUT2D eigenvalue weighted by molar-refractivity contribution is -0.137. The lowest BCUT2D eigenvalue weighted by Crippen LogP contribution is -2.26. The number of carboxylic acids is 1. The van der Waals surface area contributed by atoms with Gasteiger partial charge in [-0.3, -0.25) is 9.69 Å². The van der Waals surface area contributed by atoms with Gasteiger partial charge in [0, 0.05) is 19.5 Å². The summed E-state index contributed by atoms with van der Waals surface area (Å²) in [6.07, 6.45) is 2.04. The minimum atomic E-state index is -0.732. The number of halogens is 1. The smallest absolute Gasteiger partial charge is 0.303 e. The molecule has 0 bridgehead atoms. The van der Waals surface area contributed by atoms with Gasteiger partial charge in [-0.25, -0.2) is 0 Å². The van der Waals surface area contributed by atoms with Crippen molar-refractivity contribution >= 4 is 18.4 Å². The minimum Gasteiger partial charge on any atom is -0.489 e. The third-order valence-corrected chi connectivity index (χ3v) is 4.20. The molecule has 2 aromatic carbocycles. The summed E-state index contributed by atoms with van der Waals surface area (Å²) in [5.41, 5.74) is 0. The highest BCUT2D eigenvalue weighted by Gasteiger charge is 2.23.